The minimum atomic E-state index is -0.915. The van der Waals surface area contributed by atoms with Gasteiger partial charge in [0.1, 0.15) is 5.75 Å². The van der Waals surface area contributed by atoms with E-state index in [9.17, 15) is 9.59 Å². The summed E-state index contributed by atoms with van der Waals surface area (Å²) in [6.45, 7) is 3.37. The number of benzene rings is 1. The molecule has 0 unspecified atom stereocenters. The second kappa shape index (κ2) is 9.15. The number of methoxy groups -OCH3 is 1. The molecule has 1 aromatic carbocycles. The number of carboxylic acid groups (broad SMARTS) is 1. The molecule has 0 saturated heterocycles. The fraction of sp³-hybridized carbons (Fsp3) is 0.529. The van der Waals surface area contributed by atoms with E-state index in [1.54, 1.807) is 19.2 Å². The van der Waals surface area contributed by atoms with E-state index in [0.717, 1.165) is 18.5 Å². The Bertz CT molecular complexity index is 556. The number of nitrogens with zero attached hydrogens (tertiary/aromatic N) is 1. The van der Waals surface area contributed by atoms with E-state index in [4.69, 9.17) is 9.84 Å². The quantitative estimate of drug-likeness (QED) is 0.669. The van der Waals surface area contributed by atoms with E-state index >= 15 is 0 Å². The Labute approximate surface area is 137 Å². The first-order chi connectivity index (χ1) is 10.8. The average molecular weight is 322 g/mol. The fourth-order valence-electron chi connectivity index (χ4n) is 2.36. The topological polar surface area (TPSA) is 78.9 Å². The summed E-state index contributed by atoms with van der Waals surface area (Å²) in [5.41, 5.74) is 2.21. The van der Waals surface area contributed by atoms with Gasteiger partial charge in [0.15, 0.2) is 0 Å². The lowest BCUT2D eigenvalue weighted by Gasteiger charge is -2.14. The molecule has 0 aromatic heterocycles. The van der Waals surface area contributed by atoms with Crippen LogP contribution in [0.4, 0.5) is 0 Å². The van der Waals surface area contributed by atoms with Gasteiger partial charge in [-0.25, -0.2) is 0 Å². The maximum Gasteiger partial charge on any atom is 0.307 e. The van der Waals surface area contributed by atoms with Crippen molar-refractivity contribution in [2.24, 2.45) is 0 Å². The van der Waals surface area contributed by atoms with Gasteiger partial charge in [-0.3, -0.25) is 9.59 Å². The van der Waals surface area contributed by atoms with Crippen LogP contribution in [0, 0.1) is 6.92 Å². The van der Waals surface area contributed by atoms with Gasteiger partial charge in [-0.2, -0.15) is 0 Å². The van der Waals surface area contributed by atoms with Gasteiger partial charge in [0.2, 0.25) is 5.91 Å². The molecular weight excluding hydrogens is 296 g/mol. The summed E-state index contributed by atoms with van der Waals surface area (Å²) in [5.74, 6) is -0.363. The molecule has 23 heavy (non-hydrogen) atoms. The summed E-state index contributed by atoms with van der Waals surface area (Å²) in [5, 5.41) is 11.9. The lowest BCUT2D eigenvalue weighted by molar-refractivity contribution is -0.136. The summed E-state index contributed by atoms with van der Waals surface area (Å²) < 4.78 is 5.27. The van der Waals surface area contributed by atoms with E-state index in [2.05, 4.69) is 10.2 Å². The Hall–Kier alpha value is -2.08. The van der Waals surface area contributed by atoms with Gasteiger partial charge in [0.05, 0.1) is 20.0 Å². The molecule has 6 nitrogen and oxygen atoms in total. The van der Waals surface area contributed by atoms with Crippen molar-refractivity contribution in [3.8, 4) is 5.75 Å². The SMILES string of the molecule is COc1cc(CC(=O)NCCCN(C)C)c(CC(=O)O)cc1C. The summed E-state index contributed by atoms with van der Waals surface area (Å²) in [6.07, 6.45) is 0.924. The molecule has 1 aromatic rings. The van der Waals surface area contributed by atoms with Gasteiger partial charge in [-0.05, 0) is 56.7 Å². The number of hydrogen-bond acceptors (Lipinski definition) is 4. The van der Waals surface area contributed by atoms with Crippen molar-refractivity contribution in [1.29, 1.82) is 0 Å². The number of carbonyl (C=O) groups excluding carboxylic acids is 1. The minimum absolute atomic E-state index is 0.103. The number of carbonyl (C=O) groups is 2. The highest BCUT2D eigenvalue weighted by atomic mass is 16.5. The van der Waals surface area contributed by atoms with Crippen LogP contribution >= 0.6 is 0 Å². The van der Waals surface area contributed by atoms with Crippen molar-refractivity contribution in [3.05, 3.63) is 28.8 Å². The molecule has 0 fully saturated rings. The first-order valence-corrected chi connectivity index (χ1v) is 7.63. The van der Waals surface area contributed by atoms with Crippen LogP contribution in [-0.2, 0) is 22.4 Å². The third kappa shape index (κ3) is 6.69. The number of ether oxygens (including phenoxy) is 1. The van der Waals surface area contributed by atoms with Crippen LogP contribution in [0.25, 0.3) is 0 Å². The Morgan fingerprint density at radius 2 is 1.87 bits per heavy atom. The molecule has 0 aliphatic rings. The Morgan fingerprint density at radius 1 is 1.22 bits per heavy atom. The number of aliphatic carboxylic acids is 1. The Morgan fingerprint density at radius 3 is 2.43 bits per heavy atom. The minimum Gasteiger partial charge on any atom is -0.496 e. The molecule has 1 rings (SSSR count). The first-order valence-electron chi connectivity index (χ1n) is 7.63. The molecule has 6 heteroatoms. The van der Waals surface area contributed by atoms with Crippen molar-refractivity contribution >= 4 is 11.9 Å². The van der Waals surface area contributed by atoms with Crippen LogP contribution in [0.5, 0.6) is 5.75 Å². The van der Waals surface area contributed by atoms with Gasteiger partial charge in [0, 0.05) is 6.54 Å². The molecule has 1 amide bonds. The van der Waals surface area contributed by atoms with Crippen LogP contribution in [-0.4, -0.2) is 56.2 Å². The van der Waals surface area contributed by atoms with Gasteiger partial charge >= 0.3 is 5.97 Å². The second-order valence-electron chi connectivity index (χ2n) is 5.84. The predicted octanol–water partition coefficient (Wildman–Crippen LogP) is 1.24. The summed E-state index contributed by atoms with van der Waals surface area (Å²) >= 11 is 0. The number of rotatable bonds is 9. The number of amides is 1. The van der Waals surface area contributed by atoms with E-state index < -0.39 is 5.97 Å². The zero-order valence-corrected chi connectivity index (χ0v) is 14.3. The van der Waals surface area contributed by atoms with Crippen molar-refractivity contribution in [3.63, 3.8) is 0 Å². The van der Waals surface area contributed by atoms with Gasteiger partial charge in [-0.1, -0.05) is 6.07 Å². The zero-order valence-electron chi connectivity index (χ0n) is 14.3. The summed E-state index contributed by atoms with van der Waals surface area (Å²) in [6, 6.07) is 3.54. The van der Waals surface area contributed by atoms with Crippen LogP contribution < -0.4 is 10.1 Å². The van der Waals surface area contributed by atoms with Gasteiger partial charge in [0.25, 0.3) is 0 Å². The molecule has 0 aliphatic heterocycles. The van der Waals surface area contributed by atoms with E-state index in [1.807, 2.05) is 21.0 Å². The second-order valence-corrected chi connectivity index (χ2v) is 5.84. The zero-order chi connectivity index (χ0) is 17.4. The molecule has 0 bridgehead atoms. The van der Waals surface area contributed by atoms with Crippen molar-refractivity contribution < 1.29 is 19.4 Å². The molecule has 0 atom stereocenters. The highest BCUT2D eigenvalue weighted by Crippen LogP contribution is 2.24. The monoisotopic (exact) mass is 322 g/mol. The van der Waals surface area contributed by atoms with Crippen LogP contribution in [0.15, 0.2) is 12.1 Å². The molecule has 0 spiro atoms. The molecule has 128 valence electrons. The highest BCUT2D eigenvalue weighted by Gasteiger charge is 2.14. The van der Waals surface area contributed by atoms with Crippen LogP contribution in [0.3, 0.4) is 0 Å². The highest BCUT2D eigenvalue weighted by molar-refractivity contribution is 5.80. The summed E-state index contributed by atoms with van der Waals surface area (Å²) in [4.78, 5) is 25.1. The van der Waals surface area contributed by atoms with Gasteiger partial charge < -0.3 is 20.1 Å². The third-order valence-electron chi connectivity index (χ3n) is 3.51. The van der Waals surface area contributed by atoms with Crippen molar-refractivity contribution in [2.45, 2.75) is 26.2 Å². The molecule has 0 aliphatic carbocycles. The molecule has 0 radical (unpaired) electrons. The smallest absolute Gasteiger partial charge is 0.307 e. The fourth-order valence-corrected chi connectivity index (χ4v) is 2.36. The van der Waals surface area contributed by atoms with E-state index in [1.165, 1.54) is 0 Å². The van der Waals surface area contributed by atoms with Crippen molar-refractivity contribution in [1.82, 2.24) is 10.2 Å². The molecule has 2 N–H and O–H groups in total. The number of hydrogen-bond donors (Lipinski definition) is 2. The lowest BCUT2D eigenvalue weighted by atomic mass is 9.98. The lowest BCUT2D eigenvalue weighted by Crippen LogP contribution is -2.28. The predicted molar refractivity (Wildman–Crippen MR) is 89.0 cm³/mol. The number of nitrogens with one attached hydrogen (secondary N) is 1. The molecule has 0 saturated carbocycles. The Kier molecular flexibility index (Phi) is 7.54. The number of carboxylic acids is 1. The maximum absolute atomic E-state index is 12.1. The van der Waals surface area contributed by atoms with E-state index in [-0.39, 0.29) is 18.7 Å². The first kappa shape index (κ1) is 19.0. The van der Waals surface area contributed by atoms with E-state index in [0.29, 0.717) is 23.4 Å². The van der Waals surface area contributed by atoms with Crippen molar-refractivity contribution in [2.75, 3.05) is 34.3 Å². The third-order valence-corrected chi connectivity index (χ3v) is 3.51. The number of aryl methyl sites for hydroxylation is 1. The summed E-state index contributed by atoms with van der Waals surface area (Å²) in [7, 11) is 5.53. The molecular formula is C17H26N2O4. The standard InChI is InChI=1S/C17H26N2O4/c1-12-8-13(11-17(21)22)14(9-15(12)23-4)10-16(20)18-6-5-7-19(2)3/h8-9H,5-7,10-11H2,1-4H3,(H,18,20)(H,21,22). The largest absolute Gasteiger partial charge is 0.496 e. The average Bonchev–Trinajstić information content (AvgIpc) is 2.45. The normalized spacial score (nSPS) is 10.7. The Balaban J connectivity index is 2.76. The maximum atomic E-state index is 12.1. The van der Waals surface area contributed by atoms with Gasteiger partial charge in [-0.15, -0.1) is 0 Å². The van der Waals surface area contributed by atoms with Crippen LogP contribution in [0.2, 0.25) is 0 Å². The van der Waals surface area contributed by atoms with Crippen LogP contribution in [0.1, 0.15) is 23.1 Å². The molecule has 0 heterocycles.